The average Bonchev–Trinajstić information content (AvgIpc) is 2.74. The molecule has 0 aliphatic rings. The highest BCUT2D eigenvalue weighted by molar-refractivity contribution is 9.10. The molecule has 0 radical (unpaired) electrons. The van der Waals surface area contributed by atoms with Crippen LogP contribution >= 0.6 is 15.9 Å². The Morgan fingerprint density at radius 2 is 2.33 bits per heavy atom. The number of rotatable bonds is 4. The van der Waals surface area contributed by atoms with E-state index in [4.69, 9.17) is 4.74 Å². The van der Waals surface area contributed by atoms with Crippen LogP contribution in [0.2, 0.25) is 0 Å². The van der Waals surface area contributed by atoms with Gasteiger partial charge in [0.1, 0.15) is 5.75 Å². The molecule has 0 spiro atoms. The highest BCUT2D eigenvalue weighted by Gasteiger charge is 2.11. The molecule has 2 aromatic rings. The Kier molecular flexibility index (Phi) is 3.51. The Hall–Kier alpha value is -2.03. The summed E-state index contributed by atoms with van der Waals surface area (Å²) < 4.78 is 6.02. The van der Waals surface area contributed by atoms with Crippen LogP contribution in [0.3, 0.4) is 0 Å². The lowest BCUT2D eigenvalue weighted by Gasteiger charge is -2.05. The SMILES string of the molecule is Cn1nnc(COc2cc([N+](=O)[O-])ccc2Br)n1. The predicted molar refractivity (Wildman–Crippen MR) is 63.9 cm³/mol. The number of hydrogen-bond acceptors (Lipinski definition) is 6. The van der Waals surface area contributed by atoms with Crippen LogP contribution in [0.25, 0.3) is 0 Å². The summed E-state index contributed by atoms with van der Waals surface area (Å²) in [4.78, 5) is 11.5. The van der Waals surface area contributed by atoms with Gasteiger partial charge in [-0.25, -0.2) is 0 Å². The van der Waals surface area contributed by atoms with E-state index in [0.717, 1.165) is 0 Å². The van der Waals surface area contributed by atoms with Crippen molar-refractivity contribution in [2.24, 2.45) is 7.05 Å². The van der Waals surface area contributed by atoms with Gasteiger partial charge in [-0.1, -0.05) is 0 Å². The number of aryl methyl sites for hydroxylation is 1. The lowest BCUT2D eigenvalue weighted by Crippen LogP contribution is -2.00. The quantitative estimate of drug-likeness (QED) is 0.626. The summed E-state index contributed by atoms with van der Waals surface area (Å²) in [6.07, 6.45) is 0. The number of non-ortho nitro benzene ring substituents is 1. The lowest BCUT2D eigenvalue weighted by molar-refractivity contribution is -0.385. The summed E-state index contributed by atoms with van der Waals surface area (Å²) >= 11 is 3.25. The fraction of sp³-hybridized carbons (Fsp3) is 0.222. The molecule has 0 aliphatic carbocycles. The van der Waals surface area contributed by atoms with Crippen molar-refractivity contribution in [2.45, 2.75) is 6.61 Å². The maximum Gasteiger partial charge on any atom is 0.273 e. The Balaban J connectivity index is 2.13. The highest BCUT2D eigenvalue weighted by Crippen LogP contribution is 2.29. The molecular formula is C9H8BrN5O3. The maximum absolute atomic E-state index is 10.6. The van der Waals surface area contributed by atoms with Gasteiger partial charge in [0.15, 0.2) is 6.61 Å². The van der Waals surface area contributed by atoms with E-state index in [2.05, 4.69) is 31.3 Å². The standard InChI is InChI=1S/C9H8BrN5O3/c1-14-12-9(11-13-14)5-18-8-4-6(15(16)17)2-3-7(8)10/h2-4H,5H2,1H3. The lowest BCUT2D eigenvalue weighted by atomic mass is 10.3. The van der Waals surface area contributed by atoms with Gasteiger partial charge in [-0.05, 0) is 27.2 Å². The number of halogens is 1. The van der Waals surface area contributed by atoms with Gasteiger partial charge in [-0.15, -0.1) is 10.2 Å². The Morgan fingerprint density at radius 3 is 2.94 bits per heavy atom. The topological polar surface area (TPSA) is 96.0 Å². The molecule has 0 amide bonds. The first kappa shape index (κ1) is 12.4. The van der Waals surface area contributed by atoms with E-state index in [1.54, 1.807) is 13.1 Å². The first-order valence-corrected chi connectivity index (χ1v) is 5.65. The van der Waals surface area contributed by atoms with Gasteiger partial charge >= 0.3 is 0 Å². The van der Waals surface area contributed by atoms with Crippen molar-refractivity contribution in [1.82, 2.24) is 20.2 Å². The minimum atomic E-state index is -0.486. The third kappa shape index (κ3) is 2.80. The maximum atomic E-state index is 10.6. The van der Waals surface area contributed by atoms with Crippen molar-refractivity contribution < 1.29 is 9.66 Å². The van der Waals surface area contributed by atoms with Gasteiger partial charge in [0, 0.05) is 6.07 Å². The number of ether oxygens (including phenoxy) is 1. The first-order chi connectivity index (χ1) is 8.56. The van der Waals surface area contributed by atoms with E-state index in [9.17, 15) is 10.1 Å². The summed E-state index contributed by atoms with van der Waals surface area (Å²) in [7, 11) is 1.64. The fourth-order valence-corrected chi connectivity index (χ4v) is 1.60. The van der Waals surface area contributed by atoms with E-state index in [0.29, 0.717) is 16.0 Å². The number of aromatic nitrogens is 4. The third-order valence-electron chi connectivity index (χ3n) is 2.03. The molecule has 2 rings (SSSR count). The third-order valence-corrected chi connectivity index (χ3v) is 2.69. The van der Waals surface area contributed by atoms with Crippen LogP contribution in [-0.4, -0.2) is 25.1 Å². The number of nitro benzene ring substituents is 1. The predicted octanol–water partition coefficient (Wildman–Crippen LogP) is 1.46. The molecule has 0 bridgehead atoms. The zero-order valence-electron chi connectivity index (χ0n) is 9.28. The summed E-state index contributed by atoms with van der Waals surface area (Å²) in [5.41, 5.74) is -0.0414. The summed E-state index contributed by atoms with van der Waals surface area (Å²) in [5, 5.41) is 22.0. The second kappa shape index (κ2) is 5.08. The van der Waals surface area contributed by atoms with Gasteiger partial charge in [0.05, 0.1) is 22.5 Å². The van der Waals surface area contributed by atoms with Crippen molar-refractivity contribution in [3.63, 3.8) is 0 Å². The van der Waals surface area contributed by atoms with E-state index >= 15 is 0 Å². The van der Waals surface area contributed by atoms with Crippen LogP contribution in [0.1, 0.15) is 5.82 Å². The molecule has 1 aromatic heterocycles. The van der Waals surface area contributed by atoms with Gasteiger partial charge in [-0.3, -0.25) is 10.1 Å². The first-order valence-electron chi connectivity index (χ1n) is 4.86. The van der Waals surface area contributed by atoms with Crippen molar-refractivity contribution in [2.75, 3.05) is 0 Å². The molecular weight excluding hydrogens is 306 g/mol. The monoisotopic (exact) mass is 313 g/mol. The molecule has 0 N–H and O–H groups in total. The van der Waals surface area contributed by atoms with Crippen LogP contribution < -0.4 is 4.74 Å². The molecule has 0 atom stereocenters. The molecule has 1 aromatic carbocycles. The summed E-state index contributed by atoms with van der Waals surface area (Å²) in [5.74, 6) is 0.757. The van der Waals surface area contributed by atoms with Gasteiger partial charge in [-0.2, -0.15) is 4.80 Å². The molecule has 8 nitrogen and oxygen atoms in total. The zero-order chi connectivity index (χ0) is 13.1. The number of benzene rings is 1. The van der Waals surface area contributed by atoms with Gasteiger partial charge in [0.2, 0.25) is 5.82 Å². The number of tetrazole rings is 1. The Labute approximate surface area is 110 Å². The van der Waals surface area contributed by atoms with Crippen LogP contribution in [0.15, 0.2) is 22.7 Å². The van der Waals surface area contributed by atoms with Gasteiger partial charge < -0.3 is 4.74 Å². The van der Waals surface area contributed by atoms with Crippen LogP contribution in [-0.2, 0) is 13.7 Å². The van der Waals surface area contributed by atoms with Gasteiger partial charge in [0.25, 0.3) is 5.69 Å². The molecule has 0 aliphatic heterocycles. The largest absolute Gasteiger partial charge is 0.484 e. The molecule has 1 heterocycles. The smallest absolute Gasteiger partial charge is 0.273 e. The van der Waals surface area contributed by atoms with E-state index in [-0.39, 0.29) is 12.3 Å². The zero-order valence-corrected chi connectivity index (χ0v) is 10.9. The van der Waals surface area contributed by atoms with Crippen molar-refractivity contribution >= 4 is 21.6 Å². The fourth-order valence-electron chi connectivity index (χ4n) is 1.24. The molecule has 0 fully saturated rings. The van der Waals surface area contributed by atoms with Crippen molar-refractivity contribution in [3.8, 4) is 5.75 Å². The second-order valence-electron chi connectivity index (χ2n) is 3.36. The van der Waals surface area contributed by atoms with E-state index < -0.39 is 4.92 Å². The van der Waals surface area contributed by atoms with Crippen molar-refractivity contribution in [3.05, 3.63) is 38.6 Å². The number of hydrogen-bond donors (Lipinski definition) is 0. The summed E-state index contributed by atoms with van der Waals surface area (Å²) in [6.45, 7) is 0.0909. The van der Waals surface area contributed by atoms with Crippen LogP contribution in [0.5, 0.6) is 5.75 Å². The minimum Gasteiger partial charge on any atom is -0.484 e. The molecule has 94 valence electrons. The molecule has 9 heteroatoms. The highest BCUT2D eigenvalue weighted by atomic mass is 79.9. The normalized spacial score (nSPS) is 10.3. The van der Waals surface area contributed by atoms with Crippen molar-refractivity contribution in [1.29, 1.82) is 0 Å². The van der Waals surface area contributed by atoms with Crippen LogP contribution in [0.4, 0.5) is 5.69 Å². The van der Waals surface area contributed by atoms with Crippen LogP contribution in [0, 0.1) is 10.1 Å². The Morgan fingerprint density at radius 1 is 1.56 bits per heavy atom. The van der Waals surface area contributed by atoms with E-state index in [1.165, 1.54) is 16.9 Å². The average molecular weight is 314 g/mol. The number of nitro groups is 1. The minimum absolute atomic E-state index is 0.0414. The molecule has 0 saturated carbocycles. The molecule has 0 saturated heterocycles. The number of nitrogens with zero attached hydrogens (tertiary/aromatic N) is 5. The Bertz CT molecular complexity index is 585. The molecule has 0 unspecified atom stereocenters. The molecule has 18 heavy (non-hydrogen) atoms. The second-order valence-corrected chi connectivity index (χ2v) is 4.21. The van der Waals surface area contributed by atoms with E-state index in [1.807, 2.05) is 0 Å². The summed E-state index contributed by atoms with van der Waals surface area (Å²) in [6, 6.07) is 4.27.